The summed E-state index contributed by atoms with van der Waals surface area (Å²) in [6, 6.07) is 2.01. The summed E-state index contributed by atoms with van der Waals surface area (Å²) >= 11 is 0. The van der Waals surface area contributed by atoms with Gasteiger partial charge in [0.1, 0.15) is 5.92 Å². The smallest absolute Gasteiger partial charge is 0.251 e. The van der Waals surface area contributed by atoms with Crippen LogP contribution in [0.4, 0.5) is 0 Å². The fourth-order valence-electron chi connectivity index (χ4n) is 2.08. The summed E-state index contributed by atoms with van der Waals surface area (Å²) in [7, 11) is 0. The van der Waals surface area contributed by atoms with Crippen molar-refractivity contribution in [1.29, 1.82) is 5.26 Å². The molecule has 1 atom stereocenters. The van der Waals surface area contributed by atoms with Crippen molar-refractivity contribution >= 4 is 5.91 Å². The fraction of sp³-hybridized carbons (Fsp3) is 0.800. The molecular formula is C10H17N3O. The lowest BCUT2D eigenvalue weighted by Crippen LogP contribution is -2.36. The van der Waals surface area contributed by atoms with E-state index in [9.17, 15) is 4.79 Å². The quantitative estimate of drug-likeness (QED) is 0.402. The molecule has 1 amide bonds. The first-order valence-corrected chi connectivity index (χ1v) is 5.18. The van der Waals surface area contributed by atoms with E-state index in [0.29, 0.717) is 12.3 Å². The predicted molar refractivity (Wildman–Crippen MR) is 52.6 cm³/mol. The molecule has 0 aromatic carbocycles. The highest BCUT2D eigenvalue weighted by Gasteiger charge is 2.23. The Balaban J connectivity index is 2.39. The molecule has 0 aromatic rings. The number of rotatable bonds is 3. The molecule has 1 aliphatic rings. The Morgan fingerprint density at radius 1 is 1.50 bits per heavy atom. The van der Waals surface area contributed by atoms with Crippen LogP contribution in [0.5, 0.6) is 0 Å². The molecule has 0 heterocycles. The van der Waals surface area contributed by atoms with Crippen molar-refractivity contribution in [2.24, 2.45) is 17.7 Å². The molecule has 1 fully saturated rings. The molecule has 0 radical (unpaired) electrons. The molecule has 4 nitrogen and oxygen atoms in total. The first kappa shape index (κ1) is 11.0. The predicted octanol–water partition coefficient (Wildman–Crippen LogP) is 1.09. The van der Waals surface area contributed by atoms with Gasteiger partial charge in [-0.2, -0.15) is 5.26 Å². The van der Waals surface area contributed by atoms with E-state index in [0.717, 1.165) is 12.8 Å². The third-order valence-corrected chi connectivity index (χ3v) is 2.91. The van der Waals surface area contributed by atoms with E-state index in [4.69, 9.17) is 11.1 Å². The van der Waals surface area contributed by atoms with Gasteiger partial charge in [0, 0.05) is 0 Å². The van der Waals surface area contributed by atoms with Gasteiger partial charge in [0.05, 0.1) is 6.07 Å². The van der Waals surface area contributed by atoms with E-state index in [1.54, 1.807) is 0 Å². The van der Waals surface area contributed by atoms with E-state index < -0.39 is 5.92 Å². The number of nitrogens with zero attached hydrogens (tertiary/aromatic N) is 1. The molecule has 0 saturated heterocycles. The number of nitrogens with one attached hydrogen (secondary N) is 1. The summed E-state index contributed by atoms with van der Waals surface area (Å²) in [5.41, 5.74) is 2.04. The van der Waals surface area contributed by atoms with Crippen LogP contribution in [0.1, 0.15) is 38.5 Å². The summed E-state index contributed by atoms with van der Waals surface area (Å²) in [5, 5.41) is 8.79. The molecule has 0 aromatic heterocycles. The number of hydrogen-bond donors (Lipinski definition) is 2. The molecular weight excluding hydrogens is 178 g/mol. The molecule has 78 valence electrons. The van der Waals surface area contributed by atoms with Gasteiger partial charge in [-0.05, 0) is 12.3 Å². The second kappa shape index (κ2) is 5.61. The SMILES string of the molecule is N#CC(CC1CCCCC1)C(=O)NN. The van der Waals surface area contributed by atoms with Gasteiger partial charge in [0.25, 0.3) is 5.91 Å². The summed E-state index contributed by atoms with van der Waals surface area (Å²) in [6.45, 7) is 0. The van der Waals surface area contributed by atoms with Gasteiger partial charge in [0.2, 0.25) is 0 Å². The highest BCUT2D eigenvalue weighted by Crippen LogP contribution is 2.28. The Bertz CT molecular complexity index is 228. The van der Waals surface area contributed by atoms with Crippen LogP contribution in [-0.2, 0) is 4.79 Å². The zero-order valence-corrected chi connectivity index (χ0v) is 8.33. The van der Waals surface area contributed by atoms with Crippen molar-refractivity contribution < 1.29 is 4.79 Å². The third-order valence-electron chi connectivity index (χ3n) is 2.91. The number of amides is 1. The van der Waals surface area contributed by atoms with Gasteiger partial charge in [0.15, 0.2) is 0 Å². The highest BCUT2D eigenvalue weighted by atomic mass is 16.2. The van der Waals surface area contributed by atoms with E-state index in [-0.39, 0.29) is 5.91 Å². The van der Waals surface area contributed by atoms with Crippen molar-refractivity contribution in [3.8, 4) is 6.07 Å². The van der Waals surface area contributed by atoms with Gasteiger partial charge >= 0.3 is 0 Å². The number of hydrogen-bond acceptors (Lipinski definition) is 3. The normalized spacial score (nSPS) is 19.7. The van der Waals surface area contributed by atoms with Crippen LogP contribution < -0.4 is 11.3 Å². The zero-order chi connectivity index (χ0) is 10.4. The van der Waals surface area contributed by atoms with E-state index in [2.05, 4.69) is 0 Å². The Labute approximate surface area is 84.4 Å². The Morgan fingerprint density at radius 3 is 2.64 bits per heavy atom. The summed E-state index contributed by atoms with van der Waals surface area (Å²) in [4.78, 5) is 11.2. The maximum atomic E-state index is 11.2. The van der Waals surface area contributed by atoms with Crippen molar-refractivity contribution in [3.63, 3.8) is 0 Å². The number of hydrazine groups is 1. The number of nitrogens with two attached hydrogens (primary N) is 1. The maximum absolute atomic E-state index is 11.2. The lowest BCUT2D eigenvalue weighted by molar-refractivity contribution is -0.123. The van der Waals surface area contributed by atoms with Crippen molar-refractivity contribution in [2.45, 2.75) is 38.5 Å². The van der Waals surface area contributed by atoms with Crippen molar-refractivity contribution in [1.82, 2.24) is 5.43 Å². The summed E-state index contributed by atoms with van der Waals surface area (Å²) < 4.78 is 0. The molecule has 1 aliphatic carbocycles. The topological polar surface area (TPSA) is 78.9 Å². The van der Waals surface area contributed by atoms with E-state index in [1.807, 2.05) is 11.5 Å². The lowest BCUT2D eigenvalue weighted by atomic mass is 9.83. The Hall–Kier alpha value is -1.08. The molecule has 3 N–H and O–H groups in total. The number of nitriles is 1. The summed E-state index contributed by atoms with van der Waals surface area (Å²) in [5.74, 6) is 4.62. The Morgan fingerprint density at radius 2 is 2.14 bits per heavy atom. The first-order valence-electron chi connectivity index (χ1n) is 5.18. The van der Waals surface area contributed by atoms with Gasteiger partial charge < -0.3 is 0 Å². The third kappa shape index (κ3) is 3.00. The Kier molecular flexibility index (Phi) is 4.41. The van der Waals surface area contributed by atoms with Gasteiger partial charge in [-0.15, -0.1) is 0 Å². The molecule has 0 spiro atoms. The molecule has 14 heavy (non-hydrogen) atoms. The largest absolute Gasteiger partial charge is 0.293 e. The van der Waals surface area contributed by atoms with Crippen LogP contribution in [0.3, 0.4) is 0 Å². The maximum Gasteiger partial charge on any atom is 0.251 e. The molecule has 0 aliphatic heterocycles. The van der Waals surface area contributed by atoms with Crippen LogP contribution in [0.2, 0.25) is 0 Å². The van der Waals surface area contributed by atoms with Crippen LogP contribution in [0, 0.1) is 23.2 Å². The lowest BCUT2D eigenvalue weighted by Gasteiger charge is -2.22. The van der Waals surface area contributed by atoms with Crippen molar-refractivity contribution in [2.75, 3.05) is 0 Å². The average molecular weight is 195 g/mol. The van der Waals surface area contributed by atoms with Gasteiger partial charge in [-0.1, -0.05) is 32.1 Å². The van der Waals surface area contributed by atoms with Crippen LogP contribution >= 0.6 is 0 Å². The monoisotopic (exact) mass is 195 g/mol. The minimum absolute atomic E-state index is 0.349. The van der Waals surface area contributed by atoms with Gasteiger partial charge in [-0.25, -0.2) is 5.84 Å². The highest BCUT2D eigenvalue weighted by molar-refractivity contribution is 5.80. The second-order valence-corrected chi connectivity index (χ2v) is 3.93. The van der Waals surface area contributed by atoms with Crippen LogP contribution in [-0.4, -0.2) is 5.91 Å². The first-order chi connectivity index (χ1) is 6.77. The van der Waals surface area contributed by atoms with Crippen molar-refractivity contribution in [3.05, 3.63) is 0 Å². The second-order valence-electron chi connectivity index (χ2n) is 3.93. The zero-order valence-electron chi connectivity index (χ0n) is 8.33. The van der Waals surface area contributed by atoms with Gasteiger partial charge in [-0.3, -0.25) is 10.2 Å². The molecule has 1 rings (SSSR count). The van der Waals surface area contributed by atoms with E-state index in [1.165, 1.54) is 19.3 Å². The van der Waals surface area contributed by atoms with E-state index >= 15 is 0 Å². The average Bonchev–Trinajstić information content (AvgIpc) is 2.26. The summed E-state index contributed by atoms with van der Waals surface area (Å²) in [6.07, 6.45) is 6.71. The fourth-order valence-corrected chi connectivity index (χ4v) is 2.08. The molecule has 1 unspecified atom stereocenters. The van der Waals surface area contributed by atoms with Crippen LogP contribution in [0.15, 0.2) is 0 Å². The number of carbonyl (C=O) groups is 1. The molecule has 1 saturated carbocycles. The number of carbonyl (C=O) groups excluding carboxylic acids is 1. The van der Waals surface area contributed by atoms with Crippen LogP contribution in [0.25, 0.3) is 0 Å². The minimum Gasteiger partial charge on any atom is -0.293 e. The standard InChI is InChI=1S/C10H17N3O/c11-7-9(10(14)13-12)6-8-4-2-1-3-5-8/h8-9H,1-6,12H2,(H,13,14). The minimum atomic E-state index is -0.567. The molecule has 4 heteroatoms. The molecule has 0 bridgehead atoms.